The summed E-state index contributed by atoms with van der Waals surface area (Å²) in [5.41, 5.74) is 1.87. The van der Waals surface area contributed by atoms with Crippen LogP contribution in [0.25, 0.3) is 0 Å². The van der Waals surface area contributed by atoms with E-state index in [0.29, 0.717) is 19.6 Å². The van der Waals surface area contributed by atoms with Crippen molar-refractivity contribution in [3.8, 4) is 11.8 Å². The Bertz CT molecular complexity index is 982. The van der Waals surface area contributed by atoms with Gasteiger partial charge < -0.3 is 4.74 Å². The van der Waals surface area contributed by atoms with Gasteiger partial charge in [0.2, 0.25) is 0 Å². The summed E-state index contributed by atoms with van der Waals surface area (Å²) in [7, 11) is -3.64. The minimum atomic E-state index is -3.64. The first kappa shape index (κ1) is 21.1. The smallest absolute Gasteiger partial charge is 0.276 e. The second kappa shape index (κ2) is 9.73. The van der Waals surface area contributed by atoms with Gasteiger partial charge in [0.1, 0.15) is 0 Å². The third kappa shape index (κ3) is 6.18. The number of aryl methyl sites for hydroxylation is 1. The van der Waals surface area contributed by atoms with E-state index in [1.807, 2.05) is 37.3 Å². The zero-order chi connectivity index (χ0) is 20.6. The summed E-state index contributed by atoms with van der Waals surface area (Å²) in [6, 6.07) is 16.6. The zero-order valence-electron chi connectivity index (χ0n) is 16.6. The number of rotatable bonds is 6. The lowest BCUT2D eigenvalue weighted by molar-refractivity contribution is 0.0388. The highest BCUT2D eigenvalue weighted by Crippen LogP contribution is 2.34. The van der Waals surface area contributed by atoms with Gasteiger partial charge in [0.15, 0.2) is 0 Å². The van der Waals surface area contributed by atoms with Crippen molar-refractivity contribution < 1.29 is 13.2 Å². The van der Waals surface area contributed by atoms with Crippen LogP contribution >= 0.6 is 0 Å². The van der Waals surface area contributed by atoms with Crippen molar-refractivity contribution in [1.29, 1.82) is 0 Å². The first-order chi connectivity index (χ1) is 14.0. The normalized spacial score (nSPS) is 16.2. The average molecular weight is 411 g/mol. The summed E-state index contributed by atoms with van der Waals surface area (Å²) in [5.74, 6) is 6.74. The molecule has 0 aromatic heterocycles. The molecule has 0 bridgehead atoms. The molecule has 1 heterocycles. The molecule has 0 unspecified atom stereocenters. The van der Waals surface area contributed by atoms with Crippen LogP contribution < -0.4 is 4.83 Å². The average Bonchev–Trinajstić information content (AvgIpc) is 2.74. The van der Waals surface area contributed by atoms with Crippen molar-refractivity contribution in [2.24, 2.45) is 10.5 Å². The number of nitrogens with zero attached hydrogens (tertiary/aromatic N) is 1. The lowest BCUT2D eigenvalue weighted by Crippen LogP contribution is -2.28. The Balaban J connectivity index is 1.60. The highest BCUT2D eigenvalue weighted by Gasteiger charge is 2.30. The molecule has 1 aliphatic heterocycles. The Morgan fingerprint density at radius 1 is 1.10 bits per heavy atom. The van der Waals surface area contributed by atoms with Crippen molar-refractivity contribution in [2.75, 3.05) is 13.2 Å². The number of sulfonamides is 1. The zero-order valence-corrected chi connectivity index (χ0v) is 17.4. The number of ether oxygens (including phenoxy) is 1. The van der Waals surface area contributed by atoms with Crippen LogP contribution in [-0.2, 0) is 14.8 Å². The van der Waals surface area contributed by atoms with Gasteiger partial charge >= 0.3 is 0 Å². The molecule has 0 radical (unpaired) electrons. The standard InChI is InChI=1S/C23H26N2O3S/c1-20-8-10-22(11-9-20)29(26,27)25-24-17-5-13-23(15-18-28-19-16-23)14-12-21-6-3-2-4-7-21/h2-4,6-11,17,25H,5,13,15-16,18-19H2,1H3/b24-17+. The largest absolute Gasteiger partial charge is 0.381 e. The van der Waals surface area contributed by atoms with E-state index < -0.39 is 10.0 Å². The molecule has 1 saturated heterocycles. The summed E-state index contributed by atoms with van der Waals surface area (Å²) in [6.45, 7) is 3.30. The Labute approximate surface area is 173 Å². The molecular formula is C23H26N2O3S. The molecule has 0 saturated carbocycles. The van der Waals surface area contributed by atoms with Crippen molar-refractivity contribution >= 4 is 16.2 Å². The van der Waals surface area contributed by atoms with Gasteiger partial charge in [-0.3, -0.25) is 0 Å². The molecule has 3 rings (SSSR count). The maximum absolute atomic E-state index is 12.3. The van der Waals surface area contributed by atoms with Crippen LogP contribution in [0.2, 0.25) is 0 Å². The van der Waals surface area contributed by atoms with E-state index in [4.69, 9.17) is 4.74 Å². The van der Waals surface area contributed by atoms with Crippen LogP contribution in [-0.4, -0.2) is 27.8 Å². The Kier molecular flexibility index (Phi) is 7.08. The number of benzene rings is 2. The van der Waals surface area contributed by atoms with Crippen LogP contribution in [0.3, 0.4) is 0 Å². The monoisotopic (exact) mass is 410 g/mol. The maximum atomic E-state index is 12.3. The van der Waals surface area contributed by atoms with Gasteiger partial charge in [0.05, 0.1) is 4.90 Å². The minimum absolute atomic E-state index is 0.129. The van der Waals surface area contributed by atoms with Gasteiger partial charge in [-0.25, -0.2) is 4.83 Å². The summed E-state index contributed by atoms with van der Waals surface area (Å²) >= 11 is 0. The van der Waals surface area contributed by atoms with E-state index >= 15 is 0 Å². The van der Waals surface area contributed by atoms with Gasteiger partial charge in [0.25, 0.3) is 10.0 Å². The fourth-order valence-electron chi connectivity index (χ4n) is 3.21. The number of nitrogens with one attached hydrogen (secondary N) is 1. The molecule has 2 aromatic carbocycles. The van der Waals surface area contributed by atoms with Crippen molar-refractivity contribution in [3.63, 3.8) is 0 Å². The van der Waals surface area contributed by atoms with Crippen molar-refractivity contribution in [3.05, 3.63) is 65.7 Å². The SMILES string of the molecule is Cc1ccc(S(=O)(=O)N/N=C/CCC2(C#Cc3ccccc3)CCOCC2)cc1. The van der Waals surface area contributed by atoms with Gasteiger partial charge in [-0.1, -0.05) is 47.7 Å². The predicted octanol–water partition coefficient (Wildman–Crippen LogP) is 3.89. The van der Waals surface area contributed by atoms with E-state index in [1.54, 1.807) is 30.5 Å². The number of hydrogen-bond donors (Lipinski definition) is 1. The molecule has 0 spiro atoms. The molecule has 1 fully saturated rings. The lowest BCUT2D eigenvalue weighted by atomic mass is 9.77. The number of hydrazone groups is 1. The van der Waals surface area contributed by atoms with E-state index in [9.17, 15) is 8.42 Å². The molecule has 0 aliphatic carbocycles. The topological polar surface area (TPSA) is 67.8 Å². The molecular weight excluding hydrogens is 384 g/mol. The van der Waals surface area contributed by atoms with Crippen LogP contribution in [0.5, 0.6) is 0 Å². The summed E-state index contributed by atoms with van der Waals surface area (Å²) in [5, 5.41) is 3.93. The highest BCUT2D eigenvalue weighted by atomic mass is 32.2. The first-order valence-electron chi connectivity index (χ1n) is 9.75. The molecule has 1 aliphatic rings. The second-order valence-electron chi connectivity index (χ2n) is 7.27. The van der Waals surface area contributed by atoms with Crippen LogP contribution in [0.15, 0.2) is 64.6 Å². The summed E-state index contributed by atoms with van der Waals surface area (Å²) < 4.78 is 30.0. The Morgan fingerprint density at radius 2 is 1.79 bits per heavy atom. The Hall–Kier alpha value is -2.62. The third-order valence-corrected chi connectivity index (χ3v) is 6.28. The van der Waals surface area contributed by atoms with Gasteiger partial charge in [-0.15, -0.1) is 0 Å². The van der Waals surface area contributed by atoms with Crippen molar-refractivity contribution in [2.45, 2.75) is 37.5 Å². The van der Waals surface area contributed by atoms with Crippen LogP contribution in [0.1, 0.15) is 36.8 Å². The van der Waals surface area contributed by atoms with Gasteiger partial charge in [-0.2, -0.15) is 13.5 Å². The second-order valence-corrected chi connectivity index (χ2v) is 8.93. The quantitative estimate of drug-likeness (QED) is 0.446. The molecule has 1 N–H and O–H groups in total. The van der Waals surface area contributed by atoms with E-state index in [1.165, 1.54) is 0 Å². The molecule has 29 heavy (non-hydrogen) atoms. The molecule has 0 amide bonds. The fourth-order valence-corrected chi connectivity index (χ4v) is 4.02. The summed E-state index contributed by atoms with van der Waals surface area (Å²) in [4.78, 5) is 2.49. The van der Waals surface area contributed by atoms with Crippen LogP contribution in [0, 0.1) is 24.2 Å². The number of hydrogen-bond acceptors (Lipinski definition) is 4. The highest BCUT2D eigenvalue weighted by molar-refractivity contribution is 7.89. The van der Waals surface area contributed by atoms with Crippen molar-refractivity contribution in [1.82, 2.24) is 4.83 Å². The van der Waals surface area contributed by atoms with E-state index in [-0.39, 0.29) is 10.3 Å². The molecule has 0 atom stereocenters. The third-order valence-electron chi connectivity index (χ3n) is 5.04. The first-order valence-corrected chi connectivity index (χ1v) is 11.2. The lowest BCUT2D eigenvalue weighted by Gasteiger charge is -2.32. The minimum Gasteiger partial charge on any atom is -0.381 e. The van der Waals surface area contributed by atoms with E-state index in [2.05, 4.69) is 21.8 Å². The van der Waals surface area contributed by atoms with Gasteiger partial charge in [-0.05, 0) is 56.9 Å². The molecule has 6 heteroatoms. The van der Waals surface area contributed by atoms with E-state index in [0.717, 1.165) is 30.4 Å². The fraction of sp³-hybridized carbons (Fsp3) is 0.348. The maximum Gasteiger partial charge on any atom is 0.276 e. The molecule has 2 aromatic rings. The molecule has 152 valence electrons. The Morgan fingerprint density at radius 3 is 2.48 bits per heavy atom. The van der Waals surface area contributed by atoms with Crippen LogP contribution in [0.4, 0.5) is 0 Å². The molecule has 5 nitrogen and oxygen atoms in total. The van der Waals surface area contributed by atoms with Gasteiger partial charge in [0, 0.05) is 30.4 Å². The summed E-state index contributed by atoms with van der Waals surface area (Å²) in [6.07, 6.45) is 4.81. The predicted molar refractivity (Wildman–Crippen MR) is 115 cm³/mol.